The Hall–Kier alpha value is -0.120. The molecule has 0 amide bonds. The molecule has 3 nitrogen and oxygen atoms in total. The second kappa shape index (κ2) is 3.01. The monoisotopic (exact) mass is 226 g/mol. The highest BCUT2D eigenvalue weighted by Gasteiger charge is 2.69. The van der Waals surface area contributed by atoms with Gasteiger partial charge >= 0.3 is 0 Å². The van der Waals surface area contributed by atoms with Crippen LogP contribution in [0.5, 0.6) is 0 Å². The minimum atomic E-state index is -0.765. The van der Waals surface area contributed by atoms with Crippen LogP contribution in [0.3, 0.4) is 0 Å². The molecule has 0 aromatic carbocycles. The average Bonchev–Trinajstić information content (AvgIpc) is 2.62. The molecule has 3 aliphatic rings. The molecule has 3 rings (SSSR count). The zero-order valence-corrected chi connectivity index (χ0v) is 10.2. The van der Waals surface area contributed by atoms with Crippen molar-refractivity contribution in [3.05, 3.63) is 0 Å². The molecule has 1 aliphatic heterocycles. The van der Waals surface area contributed by atoms with Crippen molar-refractivity contribution in [2.45, 2.75) is 38.7 Å². The maximum absolute atomic E-state index is 10.6. The van der Waals surface area contributed by atoms with Gasteiger partial charge < -0.3 is 14.9 Å². The Balaban J connectivity index is 1.99. The molecule has 2 N–H and O–H groups in total. The molecule has 2 aliphatic carbocycles. The van der Waals surface area contributed by atoms with Crippen molar-refractivity contribution >= 4 is 0 Å². The maximum Gasteiger partial charge on any atom is 0.119 e. The lowest BCUT2D eigenvalue weighted by Gasteiger charge is -2.54. The number of ether oxygens (including phenoxy) is 1. The highest BCUT2D eigenvalue weighted by Crippen LogP contribution is 2.69. The second-order valence-electron chi connectivity index (χ2n) is 6.69. The van der Waals surface area contributed by atoms with Crippen molar-refractivity contribution in [3.63, 3.8) is 0 Å². The Labute approximate surface area is 96.8 Å². The minimum Gasteiger partial charge on any atom is -0.396 e. The molecule has 0 radical (unpaired) electrons. The van der Waals surface area contributed by atoms with Gasteiger partial charge in [0.25, 0.3) is 0 Å². The van der Waals surface area contributed by atoms with E-state index in [-0.39, 0.29) is 17.4 Å². The highest BCUT2D eigenvalue weighted by atomic mass is 16.5. The largest absolute Gasteiger partial charge is 0.396 e. The first-order valence-electron chi connectivity index (χ1n) is 6.37. The van der Waals surface area contributed by atoms with Crippen LogP contribution in [0, 0.1) is 22.7 Å². The fourth-order valence-electron chi connectivity index (χ4n) is 4.75. The predicted octanol–water partition coefficient (Wildman–Crippen LogP) is 1.18. The topological polar surface area (TPSA) is 49.7 Å². The summed E-state index contributed by atoms with van der Waals surface area (Å²) < 4.78 is 5.19. The molecule has 3 unspecified atom stereocenters. The summed E-state index contributed by atoms with van der Waals surface area (Å²) in [5.41, 5.74) is -0.787. The van der Waals surface area contributed by atoms with Crippen molar-refractivity contribution in [1.29, 1.82) is 0 Å². The SMILES string of the molecule is CC1(C)C2CCC1C(CO)(C1(O)COC1)C2. The van der Waals surface area contributed by atoms with E-state index in [1.807, 2.05) is 0 Å². The summed E-state index contributed by atoms with van der Waals surface area (Å²) in [5.74, 6) is 1.11. The van der Waals surface area contributed by atoms with Gasteiger partial charge in [0, 0.05) is 5.41 Å². The zero-order chi connectivity index (χ0) is 11.6. The minimum absolute atomic E-state index is 0.109. The molecule has 3 heteroatoms. The third-order valence-electron chi connectivity index (χ3n) is 5.92. The Kier molecular flexibility index (Phi) is 2.07. The summed E-state index contributed by atoms with van der Waals surface area (Å²) >= 11 is 0. The molecule has 3 atom stereocenters. The van der Waals surface area contributed by atoms with Gasteiger partial charge in [0.2, 0.25) is 0 Å². The summed E-state index contributed by atoms with van der Waals surface area (Å²) in [6, 6.07) is 0. The van der Waals surface area contributed by atoms with Crippen LogP contribution in [0.4, 0.5) is 0 Å². The summed E-state index contributed by atoms with van der Waals surface area (Å²) in [6.07, 6.45) is 3.39. The quantitative estimate of drug-likeness (QED) is 0.743. The molecule has 0 spiro atoms. The first kappa shape index (κ1) is 11.0. The molecule has 1 saturated heterocycles. The number of aliphatic hydroxyl groups is 2. The van der Waals surface area contributed by atoms with Gasteiger partial charge in [-0.15, -0.1) is 0 Å². The van der Waals surface area contributed by atoms with Gasteiger partial charge in [-0.2, -0.15) is 0 Å². The van der Waals surface area contributed by atoms with E-state index in [9.17, 15) is 10.2 Å². The van der Waals surface area contributed by atoms with Crippen LogP contribution < -0.4 is 0 Å². The van der Waals surface area contributed by atoms with Crippen molar-refractivity contribution in [3.8, 4) is 0 Å². The van der Waals surface area contributed by atoms with E-state index < -0.39 is 5.60 Å². The van der Waals surface area contributed by atoms with E-state index in [0.717, 1.165) is 12.8 Å². The average molecular weight is 226 g/mol. The summed E-state index contributed by atoms with van der Waals surface area (Å²) in [5, 5.41) is 20.5. The first-order valence-corrected chi connectivity index (χ1v) is 6.37. The summed E-state index contributed by atoms with van der Waals surface area (Å²) in [4.78, 5) is 0. The van der Waals surface area contributed by atoms with Crippen molar-refractivity contribution in [2.75, 3.05) is 19.8 Å². The molecule has 0 aromatic heterocycles. The third kappa shape index (κ3) is 1.00. The Bertz CT molecular complexity index is 308. The Morgan fingerprint density at radius 3 is 2.25 bits per heavy atom. The molecular formula is C13H22O3. The molecule has 92 valence electrons. The van der Waals surface area contributed by atoms with E-state index in [1.165, 1.54) is 6.42 Å². The fraction of sp³-hybridized carbons (Fsp3) is 1.00. The highest BCUT2D eigenvalue weighted by molar-refractivity contribution is 5.17. The lowest BCUT2D eigenvalue weighted by Crippen LogP contribution is -2.65. The molecule has 2 bridgehead atoms. The van der Waals surface area contributed by atoms with Crippen LogP contribution in [0.2, 0.25) is 0 Å². The smallest absolute Gasteiger partial charge is 0.119 e. The second-order valence-corrected chi connectivity index (χ2v) is 6.69. The maximum atomic E-state index is 10.6. The fourth-order valence-corrected chi connectivity index (χ4v) is 4.75. The van der Waals surface area contributed by atoms with Crippen LogP contribution in [0.15, 0.2) is 0 Å². The van der Waals surface area contributed by atoms with Gasteiger partial charge in [0.15, 0.2) is 0 Å². The van der Waals surface area contributed by atoms with Gasteiger partial charge in [-0.05, 0) is 36.5 Å². The van der Waals surface area contributed by atoms with Crippen molar-refractivity contribution in [1.82, 2.24) is 0 Å². The standard InChI is InChI=1S/C13H22O3/c1-11(2)9-3-4-10(11)12(5-9,6-14)13(15)7-16-8-13/h9-10,14-15H,3-8H2,1-2H3. The predicted molar refractivity (Wildman–Crippen MR) is 59.9 cm³/mol. The van der Waals surface area contributed by atoms with Gasteiger partial charge in [-0.3, -0.25) is 0 Å². The number of fused-ring (bicyclic) bond motifs is 2. The lowest BCUT2D eigenvalue weighted by molar-refractivity contribution is -0.265. The van der Waals surface area contributed by atoms with Gasteiger partial charge in [-0.1, -0.05) is 13.8 Å². The number of hydrogen-bond donors (Lipinski definition) is 2. The van der Waals surface area contributed by atoms with Crippen LogP contribution in [0.1, 0.15) is 33.1 Å². The van der Waals surface area contributed by atoms with Crippen LogP contribution in [-0.2, 0) is 4.74 Å². The third-order valence-corrected chi connectivity index (χ3v) is 5.92. The number of hydrogen-bond acceptors (Lipinski definition) is 3. The lowest BCUT2D eigenvalue weighted by atomic mass is 9.60. The molecule has 3 fully saturated rings. The van der Waals surface area contributed by atoms with Gasteiger partial charge in [-0.25, -0.2) is 0 Å². The Morgan fingerprint density at radius 1 is 1.25 bits per heavy atom. The van der Waals surface area contributed by atoms with Crippen LogP contribution in [-0.4, -0.2) is 35.6 Å². The number of rotatable bonds is 2. The molecule has 2 saturated carbocycles. The molecule has 16 heavy (non-hydrogen) atoms. The normalized spacial score (nSPS) is 48.0. The van der Waals surface area contributed by atoms with Gasteiger partial charge in [0.05, 0.1) is 19.8 Å². The van der Waals surface area contributed by atoms with E-state index in [0.29, 0.717) is 25.0 Å². The number of aliphatic hydroxyl groups excluding tert-OH is 1. The van der Waals surface area contributed by atoms with Gasteiger partial charge in [0.1, 0.15) is 5.60 Å². The zero-order valence-electron chi connectivity index (χ0n) is 10.2. The van der Waals surface area contributed by atoms with E-state index >= 15 is 0 Å². The van der Waals surface area contributed by atoms with E-state index in [4.69, 9.17) is 4.74 Å². The summed E-state index contributed by atoms with van der Waals surface area (Å²) in [6.45, 7) is 5.53. The van der Waals surface area contributed by atoms with Crippen LogP contribution >= 0.6 is 0 Å². The van der Waals surface area contributed by atoms with E-state index in [2.05, 4.69) is 13.8 Å². The molecule has 0 aromatic rings. The first-order chi connectivity index (χ1) is 7.46. The molecular weight excluding hydrogens is 204 g/mol. The van der Waals surface area contributed by atoms with Crippen molar-refractivity contribution < 1.29 is 14.9 Å². The molecule has 1 heterocycles. The Morgan fingerprint density at radius 2 is 1.94 bits per heavy atom. The van der Waals surface area contributed by atoms with Crippen LogP contribution in [0.25, 0.3) is 0 Å². The summed E-state index contributed by atoms with van der Waals surface area (Å²) in [7, 11) is 0. The van der Waals surface area contributed by atoms with Crippen molar-refractivity contribution in [2.24, 2.45) is 22.7 Å². The van der Waals surface area contributed by atoms with E-state index in [1.54, 1.807) is 0 Å².